The van der Waals surface area contributed by atoms with E-state index in [2.05, 4.69) is 0 Å². The van der Waals surface area contributed by atoms with Crippen molar-refractivity contribution in [2.75, 3.05) is 6.61 Å². The monoisotopic (exact) mass is 292 g/mol. The van der Waals surface area contributed by atoms with Gasteiger partial charge >= 0.3 is 0 Å². The van der Waals surface area contributed by atoms with Crippen LogP contribution in [0.15, 0.2) is 65.6 Å². The van der Waals surface area contributed by atoms with Gasteiger partial charge in [0.1, 0.15) is 17.1 Å². The molecule has 0 aliphatic carbocycles. The lowest BCUT2D eigenvalue weighted by molar-refractivity contribution is -0.119. The molecule has 0 saturated heterocycles. The summed E-state index contributed by atoms with van der Waals surface area (Å²) in [6.45, 7) is -0.0159. The van der Waals surface area contributed by atoms with Crippen LogP contribution in [-0.2, 0) is 4.79 Å². The number of benzene rings is 2. The van der Waals surface area contributed by atoms with Crippen molar-refractivity contribution < 1.29 is 9.53 Å². The van der Waals surface area contributed by atoms with Crippen LogP contribution in [0, 0.1) is 0 Å². The van der Waals surface area contributed by atoms with Crippen LogP contribution in [0.4, 0.5) is 0 Å². The normalized spacial score (nSPS) is 11.8. The third-order valence-corrected chi connectivity index (χ3v) is 3.89. The first kappa shape index (κ1) is 14.0. The number of carbonyl (C=O) groups is 1. The van der Waals surface area contributed by atoms with Gasteiger partial charge in [-0.2, -0.15) is 0 Å². The van der Waals surface area contributed by atoms with Gasteiger partial charge < -0.3 is 4.74 Å². The highest BCUT2D eigenvalue weighted by molar-refractivity contribution is 8.01. The Kier molecular flexibility index (Phi) is 5.31. The Labute approximate surface area is 121 Å². The molecule has 2 nitrogen and oxygen atoms in total. The summed E-state index contributed by atoms with van der Waals surface area (Å²) in [6, 6.07) is 18.8. The molecule has 2 aromatic carbocycles. The van der Waals surface area contributed by atoms with Crippen LogP contribution in [0.5, 0.6) is 5.75 Å². The quantitative estimate of drug-likeness (QED) is 0.595. The van der Waals surface area contributed by atoms with Gasteiger partial charge in [0.25, 0.3) is 0 Å². The predicted molar refractivity (Wildman–Crippen MR) is 78.9 cm³/mol. The highest BCUT2D eigenvalue weighted by Crippen LogP contribution is 2.26. The third kappa shape index (κ3) is 4.62. The van der Waals surface area contributed by atoms with Crippen molar-refractivity contribution in [1.29, 1.82) is 0 Å². The highest BCUT2D eigenvalue weighted by Gasteiger charge is 2.17. The van der Waals surface area contributed by atoms with E-state index >= 15 is 0 Å². The van der Waals surface area contributed by atoms with Crippen molar-refractivity contribution in [3.63, 3.8) is 0 Å². The number of hydrogen-bond acceptors (Lipinski definition) is 3. The molecule has 1 unspecified atom stereocenters. The molecule has 2 aromatic rings. The van der Waals surface area contributed by atoms with Gasteiger partial charge in [0.05, 0.1) is 0 Å². The maximum atomic E-state index is 11.8. The summed E-state index contributed by atoms with van der Waals surface area (Å²) in [5.74, 6) is 0.531. The Morgan fingerprint density at radius 2 is 1.63 bits per heavy atom. The second kappa shape index (κ2) is 7.22. The molecule has 0 saturated carbocycles. The first-order chi connectivity index (χ1) is 9.25. The van der Waals surface area contributed by atoms with Gasteiger partial charge in [-0.15, -0.1) is 11.6 Å². The van der Waals surface area contributed by atoms with Crippen LogP contribution in [-0.4, -0.2) is 17.1 Å². The van der Waals surface area contributed by atoms with E-state index in [4.69, 9.17) is 16.3 Å². The first-order valence-corrected chi connectivity index (χ1v) is 7.13. The van der Waals surface area contributed by atoms with E-state index in [-0.39, 0.29) is 12.4 Å². The zero-order chi connectivity index (χ0) is 13.5. The number of Topliss-reactive ketones (excluding diaryl/α,β-unsaturated/α-hetero) is 1. The Bertz CT molecular complexity index is 516. The summed E-state index contributed by atoms with van der Waals surface area (Å²) >= 11 is 7.39. The average molecular weight is 293 g/mol. The molecule has 2 rings (SSSR count). The summed E-state index contributed by atoms with van der Waals surface area (Å²) in [5, 5.41) is 0. The average Bonchev–Trinajstić information content (AvgIpc) is 2.47. The maximum absolute atomic E-state index is 11.8. The highest BCUT2D eigenvalue weighted by atomic mass is 35.5. The number of halogens is 1. The SMILES string of the molecule is O=C(COc1ccccc1)C(Cl)Sc1ccccc1. The van der Waals surface area contributed by atoms with E-state index < -0.39 is 4.71 Å². The minimum absolute atomic E-state index is 0.0159. The molecule has 98 valence electrons. The fourth-order valence-electron chi connectivity index (χ4n) is 1.42. The molecule has 0 aliphatic heterocycles. The molecule has 0 bridgehead atoms. The molecule has 0 spiro atoms. The molecule has 0 N–H and O–H groups in total. The number of hydrogen-bond donors (Lipinski definition) is 0. The number of rotatable bonds is 6. The molecular weight excluding hydrogens is 280 g/mol. The predicted octanol–water partition coefficient (Wildman–Crippen LogP) is 3.99. The van der Waals surface area contributed by atoms with Gasteiger partial charge in [0.2, 0.25) is 0 Å². The molecule has 0 heterocycles. The van der Waals surface area contributed by atoms with Crippen molar-refractivity contribution in [3.8, 4) is 5.75 Å². The number of ether oxygens (including phenoxy) is 1. The van der Waals surface area contributed by atoms with Crippen LogP contribution in [0.1, 0.15) is 0 Å². The van der Waals surface area contributed by atoms with Gasteiger partial charge in [-0.1, -0.05) is 48.2 Å². The van der Waals surface area contributed by atoms with Crippen LogP contribution in [0.2, 0.25) is 0 Å². The Morgan fingerprint density at radius 1 is 1.05 bits per heavy atom. The Morgan fingerprint density at radius 3 is 2.26 bits per heavy atom. The summed E-state index contributed by atoms with van der Waals surface area (Å²) in [7, 11) is 0. The molecular formula is C15H13ClO2S. The van der Waals surface area contributed by atoms with Crippen LogP contribution < -0.4 is 4.74 Å². The summed E-state index contributed by atoms with van der Waals surface area (Å²) in [5.41, 5.74) is 0. The second-order valence-corrected chi connectivity index (χ2v) is 5.69. The van der Waals surface area contributed by atoms with Gasteiger partial charge in [-0.05, 0) is 24.3 Å². The maximum Gasteiger partial charge on any atom is 0.198 e. The number of thioether (sulfide) groups is 1. The molecule has 0 aliphatic rings. The molecule has 19 heavy (non-hydrogen) atoms. The lowest BCUT2D eigenvalue weighted by atomic mass is 10.3. The number of ketones is 1. The standard InChI is InChI=1S/C15H13ClO2S/c16-15(19-13-9-5-2-6-10-13)14(17)11-18-12-7-3-1-4-8-12/h1-10,15H,11H2. The van der Waals surface area contributed by atoms with E-state index in [1.807, 2.05) is 48.5 Å². The zero-order valence-electron chi connectivity index (χ0n) is 10.2. The largest absolute Gasteiger partial charge is 0.486 e. The van der Waals surface area contributed by atoms with Crippen LogP contribution in [0.25, 0.3) is 0 Å². The smallest absolute Gasteiger partial charge is 0.198 e. The summed E-state index contributed by atoms with van der Waals surface area (Å²) < 4.78 is 4.75. The molecule has 0 amide bonds. The van der Waals surface area contributed by atoms with Crippen LogP contribution >= 0.6 is 23.4 Å². The van der Waals surface area contributed by atoms with Crippen molar-refractivity contribution in [3.05, 3.63) is 60.7 Å². The van der Waals surface area contributed by atoms with Gasteiger partial charge in [-0.3, -0.25) is 4.79 Å². The second-order valence-electron chi connectivity index (χ2n) is 3.81. The number of para-hydroxylation sites is 1. The number of alkyl halides is 1. The third-order valence-electron chi connectivity index (χ3n) is 2.36. The van der Waals surface area contributed by atoms with Crippen LogP contribution in [0.3, 0.4) is 0 Å². The lowest BCUT2D eigenvalue weighted by Gasteiger charge is -2.09. The summed E-state index contributed by atoms with van der Waals surface area (Å²) in [6.07, 6.45) is 0. The van der Waals surface area contributed by atoms with Crippen molar-refractivity contribution in [2.45, 2.75) is 9.60 Å². The van der Waals surface area contributed by atoms with Gasteiger partial charge in [0.15, 0.2) is 5.78 Å². The number of carbonyl (C=O) groups excluding carboxylic acids is 1. The molecule has 1 atom stereocenters. The Balaban J connectivity index is 1.83. The lowest BCUT2D eigenvalue weighted by Crippen LogP contribution is -2.19. The topological polar surface area (TPSA) is 26.3 Å². The van der Waals surface area contributed by atoms with Gasteiger partial charge in [0, 0.05) is 4.90 Å². The summed E-state index contributed by atoms with van der Waals surface area (Å²) in [4.78, 5) is 12.8. The van der Waals surface area contributed by atoms with Crippen molar-refractivity contribution >= 4 is 29.1 Å². The minimum atomic E-state index is -0.633. The van der Waals surface area contributed by atoms with E-state index in [9.17, 15) is 4.79 Å². The van der Waals surface area contributed by atoms with E-state index in [0.717, 1.165) is 4.90 Å². The fraction of sp³-hybridized carbons (Fsp3) is 0.133. The molecule has 4 heteroatoms. The zero-order valence-corrected chi connectivity index (χ0v) is 11.7. The van der Waals surface area contributed by atoms with Crippen molar-refractivity contribution in [2.24, 2.45) is 0 Å². The minimum Gasteiger partial charge on any atom is -0.486 e. The van der Waals surface area contributed by atoms with E-state index in [1.165, 1.54) is 11.8 Å². The molecule has 0 radical (unpaired) electrons. The fourth-order valence-corrected chi connectivity index (χ4v) is 2.55. The van der Waals surface area contributed by atoms with Gasteiger partial charge in [-0.25, -0.2) is 0 Å². The first-order valence-electron chi connectivity index (χ1n) is 5.82. The Hall–Kier alpha value is -1.45. The molecule has 0 fully saturated rings. The van der Waals surface area contributed by atoms with Crippen molar-refractivity contribution in [1.82, 2.24) is 0 Å². The van der Waals surface area contributed by atoms with E-state index in [0.29, 0.717) is 5.75 Å². The molecule has 0 aromatic heterocycles. The van der Waals surface area contributed by atoms with E-state index in [1.54, 1.807) is 12.1 Å².